The summed E-state index contributed by atoms with van der Waals surface area (Å²) in [6.45, 7) is 4.86. The summed E-state index contributed by atoms with van der Waals surface area (Å²) in [4.78, 5) is 33.9. The molecule has 1 saturated heterocycles. The first kappa shape index (κ1) is 22.5. The van der Waals surface area contributed by atoms with Crippen LogP contribution < -0.4 is 4.74 Å². The summed E-state index contributed by atoms with van der Waals surface area (Å²) in [6.07, 6.45) is 2.32. The van der Waals surface area contributed by atoms with Crippen molar-refractivity contribution in [2.75, 3.05) is 34.3 Å². The van der Waals surface area contributed by atoms with E-state index in [-0.39, 0.29) is 11.3 Å². The van der Waals surface area contributed by atoms with Crippen LogP contribution in [-0.4, -0.2) is 65.9 Å². The molecule has 31 heavy (non-hydrogen) atoms. The number of pyridine rings is 1. The van der Waals surface area contributed by atoms with Gasteiger partial charge in [-0.2, -0.15) is 0 Å². The van der Waals surface area contributed by atoms with Gasteiger partial charge in [-0.25, -0.2) is 0 Å². The molecule has 1 aliphatic rings. The number of hydrogen-bond acceptors (Lipinski definition) is 6. The predicted molar refractivity (Wildman–Crippen MR) is 119 cm³/mol. The second kappa shape index (κ2) is 9.31. The van der Waals surface area contributed by atoms with Gasteiger partial charge in [-0.1, -0.05) is 6.07 Å². The highest BCUT2D eigenvalue weighted by molar-refractivity contribution is 6.46. The number of hydrogen-bond donors (Lipinski definition) is 1. The van der Waals surface area contributed by atoms with Crippen LogP contribution in [0.5, 0.6) is 5.75 Å². The average Bonchev–Trinajstić information content (AvgIpc) is 3.00. The Labute approximate surface area is 183 Å². The first-order valence-electron chi connectivity index (χ1n) is 10.3. The van der Waals surface area contributed by atoms with Gasteiger partial charge in [0.2, 0.25) is 0 Å². The van der Waals surface area contributed by atoms with Crippen molar-refractivity contribution < 1.29 is 19.4 Å². The van der Waals surface area contributed by atoms with Crippen molar-refractivity contribution in [2.24, 2.45) is 0 Å². The SMILES string of the molecule is COc1cc(C)c(/C(O)=C2\C(=O)C(=O)N(CCCN(C)C)C2c2ccccn2)cc1C. The highest BCUT2D eigenvalue weighted by atomic mass is 16.5. The summed E-state index contributed by atoms with van der Waals surface area (Å²) in [5.41, 5.74) is 2.70. The number of benzene rings is 1. The van der Waals surface area contributed by atoms with Crippen molar-refractivity contribution in [2.45, 2.75) is 26.3 Å². The molecule has 0 spiro atoms. The molecule has 7 heteroatoms. The molecule has 2 heterocycles. The quantitative estimate of drug-likeness (QED) is 0.419. The average molecular weight is 424 g/mol. The van der Waals surface area contributed by atoms with Crippen LogP contribution in [0, 0.1) is 13.8 Å². The molecule has 1 fully saturated rings. The fourth-order valence-electron chi connectivity index (χ4n) is 3.92. The van der Waals surface area contributed by atoms with Crippen LogP contribution in [0.1, 0.15) is 34.8 Å². The van der Waals surface area contributed by atoms with Gasteiger partial charge in [-0.05, 0) is 76.3 Å². The topological polar surface area (TPSA) is 83.0 Å². The van der Waals surface area contributed by atoms with Gasteiger partial charge in [0.25, 0.3) is 11.7 Å². The van der Waals surface area contributed by atoms with E-state index in [4.69, 9.17) is 4.74 Å². The number of aliphatic hydroxyl groups is 1. The van der Waals surface area contributed by atoms with E-state index in [1.54, 1.807) is 31.5 Å². The van der Waals surface area contributed by atoms with E-state index < -0.39 is 17.7 Å². The van der Waals surface area contributed by atoms with Gasteiger partial charge < -0.3 is 19.6 Å². The number of aromatic nitrogens is 1. The molecule has 1 amide bonds. The Morgan fingerprint density at radius 2 is 1.94 bits per heavy atom. The second-order valence-corrected chi connectivity index (χ2v) is 8.04. The van der Waals surface area contributed by atoms with Crippen molar-refractivity contribution in [1.82, 2.24) is 14.8 Å². The number of likely N-dealkylation sites (tertiary alicyclic amines) is 1. The summed E-state index contributed by atoms with van der Waals surface area (Å²) in [7, 11) is 5.50. The standard InChI is InChI=1S/C24H29N3O4/c1-15-14-19(31-5)16(2)13-17(15)22(28)20-21(18-9-6-7-10-25-18)27(24(30)23(20)29)12-8-11-26(3)4/h6-7,9-10,13-14,21,28H,8,11-12H2,1-5H3/b22-20+. The maximum atomic E-state index is 13.1. The van der Waals surface area contributed by atoms with Crippen LogP contribution >= 0.6 is 0 Å². The van der Waals surface area contributed by atoms with E-state index in [0.717, 1.165) is 17.7 Å². The van der Waals surface area contributed by atoms with Crippen LogP contribution in [0.15, 0.2) is 42.1 Å². The van der Waals surface area contributed by atoms with Crippen molar-refractivity contribution in [1.29, 1.82) is 0 Å². The number of carbonyl (C=O) groups excluding carboxylic acids is 2. The lowest BCUT2D eigenvalue weighted by Gasteiger charge is -2.25. The zero-order valence-electron chi connectivity index (χ0n) is 18.7. The number of rotatable bonds is 7. The molecule has 7 nitrogen and oxygen atoms in total. The number of ether oxygens (including phenoxy) is 1. The van der Waals surface area contributed by atoms with Gasteiger partial charge in [0.1, 0.15) is 17.6 Å². The summed E-state index contributed by atoms with van der Waals surface area (Å²) < 4.78 is 5.35. The monoisotopic (exact) mass is 423 g/mol. The minimum absolute atomic E-state index is 0.0706. The fourth-order valence-corrected chi connectivity index (χ4v) is 3.92. The zero-order valence-corrected chi connectivity index (χ0v) is 18.7. The molecule has 0 bridgehead atoms. The lowest BCUT2D eigenvalue weighted by atomic mass is 9.95. The molecule has 1 N–H and O–H groups in total. The minimum Gasteiger partial charge on any atom is -0.507 e. The molecule has 1 aromatic heterocycles. The Kier molecular flexibility index (Phi) is 6.75. The van der Waals surface area contributed by atoms with Crippen molar-refractivity contribution in [3.63, 3.8) is 0 Å². The number of aryl methyl sites for hydroxylation is 2. The van der Waals surface area contributed by atoms with Crippen LogP contribution in [0.3, 0.4) is 0 Å². The largest absolute Gasteiger partial charge is 0.507 e. The number of methoxy groups -OCH3 is 1. The Hall–Kier alpha value is -3.19. The number of amides is 1. The lowest BCUT2D eigenvalue weighted by Crippen LogP contribution is -2.32. The second-order valence-electron chi connectivity index (χ2n) is 8.04. The third kappa shape index (κ3) is 4.46. The molecule has 164 valence electrons. The van der Waals surface area contributed by atoms with Crippen LogP contribution in [0.4, 0.5) is 0 Å². The van der Waals surface area contributed by atoms with Crippen LogP contribution in [-0.2, 0) is 9.59 Å². The minimum atomic E-state index is -0.731. The van der Waals surface area contributed by atoms with E-state index in [9.17, 15) is 14.7 Å². The molecule has 1 unspecified atom stereocenters. The normalized spacial score (nSPS) is 18.1. The summed E-state index contributed by atoms with van der Waals surface area (Å²) in [5.74, 6) is -0.795. The third-order valence-electron chi connectivity index (χ3n) is 5.51. The highest BCUT2D eigenvalue weighted by Crippen LogP contribution is 2.39. The molecule has 0 radical (unpaired) electrons. The van der Waals surface area contributed by atoms with E-state index >= 15 is 0 Å². The lowest BCUT2D eigenvalue weighted by molar-refractivity contribution is -0.140. The van der Waals surface area contributed by atoms with E-state index in [0.29, 0.717) is 30.0 Å². The van der Waals surface area contributed by atoms with Crippen LogP contribution in [0.2, 0.25) is 0 Å². The highest BCUT2D eigenvalue weighted by Gasteiger charge is 2.46. The molecule has 0 aliphatic carbocycles. The number of ketones is 1. The van der Waals surface area contributed by atoms with Crippen molar-refractivity contribution in [3.05, 3.63) is 64.5 Å². The zero-order chi connectivity index (χ0) is 22.7. The van der Waals surface area contributed by atoms with Gasteiger partial charge in [-0.3, -0.25) is 14.6 Å². The molecule has 1 aliphatic heterocycles. The van der Waals surface area contributed by atoms with Gasteiger partial charge in [-0.15, -0.1) is 0 Å². The molecular formula is C24H29N3O4. The molecule has 3 rings (SSSR count). The molecular weight excluding hydrogens is 394 g/mol. The maximum absolute atomic E-state index is 13.1. The van der Waals surface area contributed by atoms with Crippen molar-refractivity contribution >= 4 is 17.4 Å². The third-order valence-corrected chi connectivity index (χ3v) is 5.51. The van der Waals surface area contributed by atoms with Gasteiger partial charge >= 0.3 is 0 Å². The number of nitrogens with zero attached hydrogens (tertiary/aromatic N) is 3. The van der Waals surface area contributed by atoms with Gasteiger partial charge in [0.15, 0.2) is 0 Å². The Balaban J connectivity index is 2.13. The first-order valence-corrected chi connectivity index (χ1v) is 10.3. The smallest absolute Gasteiger partial charge is 0.295 e. The number of carbonyl (C=O) groups is 2. The number of Topliss-reactive ketones (excluding diaryl/α,β-unsaturated/α-hetero) is 1. The summed E-state index contributed by atoms with van der Waals surface area (Å²) in [5, 5.41) is 11.2. The van der Waals surface area contributed by atoms with E-state index in [1.807, 2.05) is 45.0 Å². The summed E-state index contributed by atoms with van der Waals surface area (Å²) >= 11 is 0. The van der Waals surface area contributed by atoms with Gasteiger partial charge in [0, 0.05) is 18.3 Å². The van der Waals surface area contributed by atoms with Gasteiger partial charge in [0.05, 0.1) is 18.4 Å². The van der Waals surface area contributed by atoms with E-state index in [2.05, 4.69) is 4.98 Å². The Bertz CT molecular complexity index is 1010. The van der Waals surface area contributed by atoms with E-state index in [1.165, 1.54) is 4.90 Å². The Morgan fingerprint density at radius 3 is 2.55 bits per heavy atom. The maximum Gasteiger partial charge on any atom is 0.295 e. The Morgan fingerprint density at radius 1 is 1.19 bits per heavy atom. The summed E-state index contributed by atoms with van der Waals surface area (Å²) in [6, 6.07) is 8.22. The molecule has 0 saturated carbocycles. The molecule has 1 atom stereocenters. The van der Waals surface area contributed by atoms with Crippen LogP contribution in [0.25, 0.3) is 5.76 Å². The van der Waals surface area contributed by atoms with Crippen molar-refractivity contribution in [3.8, 4) is 5.75 Å². The number of aliphatic hydroxyl groups excluding tert-OH is 1. The first-order chi connectivity index (χ1) is 14.8. The predicted octanol–water partition coefficient (Wildman–Crippen LogP) is 3.08. The molecule has 2 aromatic rings. The fraction of sp³-hybridized carbons (Fsp3) is 0.375. The molecule has 1 aromatic carbocycles.